The van der Waals surface area contributed by atoms with E-state index < -0.39 is 11.6 Å². The van der Waals surface area contributed by atoms with Gasteiger partial charge in [0.15, 0.2) is 4.34 Å². The van der Waals surface area contributed by atoms with E-state index in [1.807, 2.05) is 6.92 Å². The van der Waals surface area contributed by atoms with Crippen LogP contribution in [0.4, 0.5) is 24.0 Å². The third-order valence-corrected chi connectivity index (χ3v) is 5.00. The summed E-state index contributed by atoms with van der Waals surface area (Å²) in [6.07, 6.45) is -3.78. The lowest BCUT2D eigenvalue weighted by Crippen LogP contribution is -2.22. The first-order chi connectivity index (χ1) is 12.3. The fourth-order valence-electron chi connectivity index (χ4n) is 1.75. The standard InChI is InChI=1S/C15H17F3N4O2S2/c1-3-8-19-13-21-22-14(26-13)25-9(2)12(23)20-10-4-6-11(7-5-10)24-15(16,17)18/h4-7,9H,3,8H2,1-2H3,(H,19,21)(H,20,23). The van der Waals surface area contributed by atoms with Gasteiger partial charge in [-0.1, -0.05) is 30.0 Å². The van der Waals surface area contributed by atoms with Crippen molar-refractivity contribution in [3.05, 3.63) is 24.3 Å². The molecule has 0 aliphatic rings. The smallest absolute Gasteiger partial charge is 0.406 e. The van der Waals surface area contributed by atoms with E-state index >= 15 is 0 Å². The van der Waals surface area contributed by atoms with Gasteiger partial charge >= 0.3 is 6.36 Å². The van der Waals surface area contributed by atoms with Crippen LogP contribution >= 0.6 is 23.1 Å². The van der Waals surface area contributed by atoms with Crippen LogP contribution in [0.2, 0.25) is 0 Å². The van der Waals surface area contributed by atoms with E-state index in [0.717, 1.165) is 25.1 Å². The number of nitrogens with one attached hydrogen (secondary N) is 2. The summed E-state index contributed by atoms with van der Waals surface area (Å²) in [5.74, 6) is -0.642. The Labute approximate surface area is 156 Å². The predicted octanol–water partition coefficient (Wildman–Crippen LogP) is 4.38. The van der Waals surface area contributed by atoms with Crippen molar-refractivity contribution in [2.75, 3.05) is 17.2 Å². The number of hydrogen-bond donors (Lipinski definition) is 2. The molecule has 1 aromatic heterocycles. The molecule has 0 aliphatic heterocycles. The van der Waals surface area contributed by atoms with Gasteiger partial charge in [0, 0.05) is 12.2 Å². The molecule has 1 atom stereocenters. The second-order valence-electron chi connectivity index (χ2n) is 5.12. The van der Waals surface area contributed by atoms with Gasteiger partial charge in [-0.05, 0) is 37.6 Å². The Morgan fingerprint density at radius 1 is 1.31 bits per heavy atom. The number of anilines is 2. The minimum absolute atomic E-state index is 0.294. The zero-order valence-electron chi connectivity index (χ0n) is 14.0. The van der Waals surface area contributed by atoms with E-state index in [1.54, 1.807) is 6.92 Å². The third-order valence-electron chi connectivity index (χ3n) is 2.93. The van der Waals surface area contributed by atoms with Crippen molar-refractivity contribution in [3.8, 4) is 5.75 Å². The molecule has 1 aromatic carbocycles. The van der Waals surface area contributed by atoms with Gasteiger partial charge in [-0.2, -0.15) is 0 Å². The zero-order chi connectivity index (χ0) is 19.2. The number of benzene rings is 1. The zero-order valence-corrected chi connectivity index (χ0v) is 15.6. The Balaban J connectivity index is 1.87. The number of halogens is 3. The van der Waals surface area contributed by atoms with Crippen LogP contribution in [0, 0.1) is 0 Å². The summed E-state index contributed by atoms with van der Waals surface area (Å²) in [4.78, 5) is 12.2. The quantitative estimate of drug-likeness (QED) is 0.634. The Bertz CT molecular complexity index is 722. The van der Waals surface area contributed by atoms with Crippen molar-refractivity contribution in [2.24, 2.45) is 0 Å². The van der Waals surface area contributed by atoms with Gasteiger partial charge in [0.25, 0.3) is 0 Å². The van der Waals surface area contributed by atoms with E-state index in [-0.39, 0.29) is 11.7 Å². The van der Waals surface area contributed by atoms with Crippen molar-refractivity contribution in [1.29, 1.82) is 0 Å². The second-order valence-corrected chi connectivity index (χ2v) is 7.69. The minimum atomic E-state index is -4.75. The van der Waals surface area contributed by atoms with E-state index in [4.69, 9.17) is 0 Å². The van der Waals surface area contributed by atoms with Crippen LogP contribution in [0.3, 0.4) is 0 Å². The third kappa shape index (κ3) is 6.71. The molecule has 142 valence electrons. The molecule has 1 amide bonds. The molecule has 2 aromatic rings. The van der Waals surface area contributed by atoms with E-state index in [1.165, 1.54) is 35.2 Å². The first-order valence-corrected chi connectivity index (χ1v) is 9.37. The van der Waals surface area contributed by atoms with Crippen LogP contribution in [0.1, 0.15) is 20.3 Å². The lowest BCUT2D eigenvalue weighted by atomic mass is 10.3. The van der Waals surface area contributed by atoms with E-state index in [9.17, 15) is 18.0 Å². The summed E-state index contributed by atoms with van der Waals surface area (Å²) in [6.45, 7) is 4.54. The van der Waals surface area contributed by atoms with Crippen molar-refractivity contribution in [1.82, 2.24) is 10.2 Å². The van der Waals surface area contributed by atoms with Gasteiger partial charge in [-0.25, -0.2) is 0 Å². The number of alkyl halides is 3. The number of ether oxygens (including phenoxy) is 1. The Morgan fingerprint density at radius 2 is 2.00 bits per heavy atom. The van der Waals surface area contributed by atoms with Crippen LogP contribution in [-0.4, -0.2) is 34.3 Å². The fourth-order valence-corrected chi connectivity index (χ4v) is 3.67. The number of nitrogens with zero attached hydrogens (tertiary/aromatic N) is 2. The van der Waals surface area contributed by atoms with Gasteiger partial charge in [0.1, 0.15) is 5.75 Å². The van der Waals surface area contributed by atoms with E-state index in [2.05, 4.69) is 25.6 Å². The highest BCUT2D eigenvalue weighted by atomic mass is 32.2. The molecule has 0 saturated heterocycles. The Hall–Kier alpha value is -2.01. The van der Waals surface area contributed by atoms with Crippen molar-refractivity contribution in [2.45, 2.75) is 36.2 Å². The molecule has 0 spiro atoms. The average molecular weight is 406 g/mol. The molecular weight excluding hydrogens is 389 g/mol. The van der Waals surface area contributed by atoms with Crippen molar-refractivity contribution < 1.29 is 22.7 Å². The topological polar surface area (TPSA) is 76.1 Å². The molecule has 1 heterocycles. The van der Waals surface area contributed by atoms with Gasteiger partial charge in [-0.3, -0.25) is 4.79 Å². The largest absolute Gasteiger partial charge is 0.573 e. The van der Waals surface area contributed by atoms with Gasteiger partial charge in [-0.15, -0.1) is 23.4 Å². The van der Waals surface area contributed by atoms with Gasteiger partial charge in [0.2, 0.25) is 11.0 Å². The maximum absolute atomic E-state index is 12.2. The average Bonchev–Trinajstić information content (AvgIpc) is 3.00. The molecule has 0 fully saturated rings. The first-order valence-electron chi connectivity index (χ1n) is 7.67. The van der Waals surface area contributed by atoms with Crippen LogP contribution in [0.15, 0.2) is 28.6 Å². The SMILES string of the molecule is CCCNc1nnc(SC(C)C(=O)Nc2ccc(OC(F)(F)F)cc2)s1. The molecule has 1 unspecified atom stereocenters. The monoisotopic (exact) mass is 406 g/mol. The van der Waals surface area contributed by atoms with Crippen LogP contribution in [-0.2, 0) is 4.79 Å². The Kier molecular flexibility index (Phi) is 7.09. The fraction of sp³-hybridized carbons (Fsp3) is 0.400. The summed E-state index contributed by atoms with van der Waals surface area (Å²) in [5, 5.41) is 14.0. The minimum Gasteiger partial charge on any atom is -0.406 e. The summed E-state index contributed by atoms with van der Waals surface area (Å²) >= 11 is 2.61. The molecule has 26 heavy (non-hydrogen) atoms. The summed E-state index contributed by atoms with van der Waals surface area (Å²) in [6, 6.07) is 4.96. The van der Waals surface area contributed by atoms with Crippen LogP contribution < -0.4 is 15.4 Å². The number of carbonyl (C=O) groups excluding carboxylic acids is 1. The number of rotatable bonds is 8. The molecule has 0 radical (unpaired) electrons. The highest BCUT2D eigenvalue weighted by Crippen LogP contribution is 2.30. The van der Waals surface area contributed by atoms with Crippen LogP contribution in [0.25, 0.3) is 0 Å². The van der Waals surface area contributed by atoms with Crippen LogP contribution in [0.5, 0.6) is 5.75 Å². The van der Waals surface area contributed by atoms with Gasteiger partial charge in [0.05, 0.1) is 5.25 Å². The highest BCUT2D eigenvalue weighted by Gasteiger charge is 2.31. The molecule has 2 rings (SSSR count). The van der Waals surface area contributed by atoms with Crippen molar-refractivity contribution >= 4 is 39.8 Å². The molecule has 11 heteroatoms. The summed E-state index contributed by atoms with van der Waals surface area (Å²) in [5.41, 5.74) is 0.375. The normalized spacial score (nSPS) is 12.5. The summed E-state index contributed by atoms with van der Waals surface area (Å²) in [7, 11) is 0. The first kappa shape index (κ1) is 20.3. The number of thioether (sulfide) groups is 1. The lowest BCUT2D eigenvalue weighted by Gasteiger charge is -2.12. The Morgan fingerprint density at radius 3 is 2.62 bits per heavy atom. The molecule has 2 N–H and O–H groups in total. The van der Waals surface area contributed by atoms with Crippen molar-refractivity contribution in [3.63, 3.8) is 0 Å². The number of hydrogen-bond acceptors (Lipinski definition) is 7. The second kappa shape index (κ2) is 9.08. The van der Waals surface area contributed by atoms with E-state index in [0.29, 0.717) is 15.2 Å². The molecule has 0 saturated carbocycles. The maximum Gasteiger partial charge on any atom is 0.573 e. The van der Waals surface area contributed by atoms with Gasteiger partial charge < -0.3 is 15.4 Å². The number of amides is 1. The maximum atomic E-state index is 12.2. The molecule has 0 aliphatic carbocycles. The highest BCUT2D eigenvalue weighted by molar-refractivity contribution is 8.02. The molecule has 6 nitrogen and oxygen atoms in total. The number of carbonyl (C=O) groups is 1. The molecule has 0 bridgehead atoms. The lowest BCUT2D eigenvalue weighted by molar-refractivity contribution is -0.274. The predicted molar refractivity (Wildman–Crippen MR) is 95.8 cm³/mol. The number of aromatic nitrogens is 2. The summed E-state index contributed by atoms with van der Waals surface area (Å²) < 4.78 is 40.8. The molecular formula is C15H17F3N4O2S2.